The summed E-state index contributed by atoms with van der Waals surface area (Å²) in [5.74, 6) is 0. The molecule has 2 aromatic heterocycles. The number of rotatable bonds is 7. The van der Waals surface area contributed by atoms with Crippen LogP contribution in [0.2, 0.25) is 9.36 Å². The molecule has 0 saturated carbocycles. The lowest BCUT2D eigenvalue weighted by atomic mass is 10.1. The first-order valence-corrected chi connectivity index (χ1v) is 11.0. The Morgan fingerprint density at radius 2 is 1.73 bits per heavy atom. The molecule has 2 heterocycles. The van der Waals surface area contributed by atoms with Crippen LogP contribution in [0.3, 0.4) is 0 Å². The Labute approximate surface area is 170 Å². The number of benzene rings is 1. The van der Waals surface area contributed by atoms with E-state index in [9.17, 15) is 9.59 Å². The molecule has 3 rings (SSSR count). The number of fused-ring (bicyclic) bond motifs is 1. The van der Waals surface area contributed by atoms with Crippen molar-refractivity contribution in [3.8, 4) is 0 Å². The summed E-state index contributed by atoms with van der Waals surface area (Å²) in [4.78, 5) is 22.4. The van der Waals surface area contributed by atoms with Crippen molar-refractivity contribution >= 4 is 56.4 Å². The van der Waals surface area contributed by atoms with Gasteiger partial charge < -0.3 is 0 Å². The average Bonchev–Trinajstić information content (AvgIpc) is 3.14. The van der Waals surface area contributed by atoms with E-state index in [-0.39, 0.29) is 16.1 Å². The summed E-state index contributed by atoms with van der Waals surface area (Å²) in [6, 6.07) is 7.54. The van der Waals surface area contributed by atoms with Gasteiger partial charge in [-0.15, -0.1) is 0 Å². The van der Waals surface area contributed by atoms with Gasteiger partial charge in [-0.3, -0.25) is 17.9 Å². The van der Waals surface area contributed by atoms with Gasteiger partial charge in [0, 0.05) is 6.54 Å². The fourth-order valence-corrected chi connectivity index (χ4v) is 4.53. The van der Waals surface area contributed by atoms with Crippen LogP contribution in [0.1, 0.15) is 45.4 Å². The van der Waals surface area contributed by atoms with E-state index in [0.717, 1.165) is 23.1 Å². The minimum absolute atomic E-state index is 0.0144. The fourth-order valence-electron chi connectivity index (χ4n) is 2.45. The minimum atomic E-state index is -0.148. The molecule has 0 aliphatic rings. The van der Waals surface area contributed by atoms with E-state index in [4.69, 9.17) is 23.2 Å². The number of aromatic amines is 1. The summed E-state index contributed by atoms with van der Waals surface area (Å²) in [6.45, 7) is 2.94. The van der Waals surface area contributed by atoms with Gasteiger partial charge in [0.05, 0.1) is 10.1 Å². The molecule has 0 aliphatic carbocycles. The number of hydrogen-bond donors (Lipinski definition) is 1. The van der Waals surface area contributed by atoms with Crippen molar-refractivity contribution in [2.24, 2.45) is 0 Å². The zero-order valence-corrected chi connectivity index (χ0v) is 17.7. The lowest BCUT2D eigenvalue weighted by Gasteiger charge is -2.00. The monoisotopic (exact) mass is 432 g/mol. The van der Waals surface area contributed by atoms with Gasteiger partial charge in [-0.05, 0) is 30.1 Å². The molecule has 26 heavy (non-hydrogen) atoms. The average molecular weight is 433 g/mol. The van der Waals surface area contributed by atoms with E-state index in [1.54, 1.807) is 3.96 Å². The van der Waals surface area contributed by atoms with Crippen molar-refractivity contribution in [3.05, 3.63) is 54.3 Å². The van der Waals surface area contributed by atoms with Gasteiger partial charge in [0.15, 0.2) is 0 Å². The van der Waals surface area contributed by atoms with Gasteiger partial charge in [0.2, 0.25) is 0 Å². The quantitative estimate of drug-likeness (QED) is 0.453. The first-order chi connectivity index (χ1) is 12.5. The Bertz CT molecular complexity index is 927. The van der Waals surface area contributed by atoms with Crippen LogP contribution in [0, 0.1) is 0 Å². The molecule has 142 valence electrons. The van der Waals surface area contributed by atoms with Gasteiger partial charge in [-0.25, -0.2) is 0 Å². The number of nitrogens with zero attached hydrogens (tertiary/aromatic N) is 1. The number of aromatic nitrogens is 2. The second-order valence-corrected chi connectivity index (χ2v) is 8.74. The molecule has 0 unspecified atom stereocenters. The largest absolute Gasteiger partial charge is 0.280 e. The molecule has 1 N–H and O–H groups in total. The summed E-state index contributed by atoms with van der Waals surface area (Å²) in [5, 5.41) is 0.949. The Hall–Kier alpha value is -1.08. The predicted octanol–water partition coefficient (Wildman–Crippen LogP) is 6.17. The van der Waals surface area contributed by atoms with Crippen molar-refractivity contribution in [2.45, 2.75) is 52.0 Å². The molecule has 4 nitrogen and oxygen atoms in total. The second-order valence-electron chi connectivity index (χ2n) is 5.88. The highest BCUT2D eigenvalue weighted by molar-refractivity contribution is 7.13. The summed E-state index contributed by atoms with van der Waals surface area (Å²) >= 11 is 14.1. The summed E-state index contributed by atoms with van der Waals surface area (Å²) in [6.07, 6.45) is 7.29. The molecule has 0 radical (unpaired) electrons. The molecule has 0 bridgehead atoms. The lowest BCUT2D eigenvalue weighted by molar-refractivity contribution is 0.569. The highest BCUT2D eigenvalue weighted by Crippen LogP contribution is 2.23. The van der Waals surface area contributed by atoms with Crippen LogP contribution < -0.4 is 11.1 Å². The second kappa shape index (κ2) is 10.9. The van der Waals surface area contributed by atoms with Crippen LogP contribution in [0.15, 0.2) is 33.9 Å². The summed E-state index contributed by atoms with van der Waals surface area (Å²) < 4.78 is 5.73. The van der Waals surface area contributed by atoms with Crippen LogP contribution in [0.4, 0.5) is 0 Å². The molecular formula is C18H22Cl2N2O2S2. The highest BCUT2D eigenvalue weighted by atomic mass is 35.5. The maximum absolute atomic E-state index is 11.5. The maximum atomic E-state index is 11.5. The molecule has 0 atom stereocenters. The van der Waals surface area contributed by atoms with Crippen molar-refractivity contribution < 1.29 is 0 Å². The third-order valence-electron chi connectivity index (χ3n) is 3.88. The summed E-state index contributed by atoms with van der Waals surface area (Å²) in [7, 11) is 0. The van der Waals surface area contributed by atoms with Crippen LogP contribution in [-0.4, -0.2) is 8.33 Å². The molecule has 3 aromatic rings. The van der Waals surface area contributed by atoms with Gasteiger partial charge in [0.25, 0.3) is 11.1 Å². The standard InChI is InChI=1S/C11H17Cl2NOS.C7H5NOS/c1-2-3-4-5-6-7-8-14-11(15)9(12)10(13)16-14;9-7-5-3-1-2-4-6(5)10-8-7/h2-8H2,1H3;1-4H,(H,8,9). The third-order valence-corrected chi connectivity index (χ3v) is 6.63. The van der Waals surface area contributed by atoms with E-state index >= 15 is 0 Å². The number of unbranched alkanes of at least 4 members (excludes halogenated alkanes) is 5. The Morgan fingerprint density at radius 3 is 2.38 bits per heavy atom. The number of aryl methyl sites for hydroxylation is 1. The van der Waals surface area contributed by atoms with Gasteiger partial charge in [0.1, 0.15) is 9.36 Å². The molecule has 0 fully saturated rings. The third kappa shape index (κ3) is 5.98. The topological polar surface area (TPSA) is 54.9 Å². The van der Waals surface area contributed by atoms with E-state index in [2.05, 4.69) is 11.3 Å². The van der Waals surface area contributed by atoms with E-state index < -0.39 is 0 Å². The minimum Gasteiger partial charge on any atom is -0.277 e. The Kier molecular flexibility index (Phi) is 8.91. The first-order valence-electron chi connectivity index (χ1n) is 8.66. The molecular weight excluding hydrogens is 411 g/mol. The summed E-state index contributed by atoms with van der Waals surface area (Å²) in [5.41, 5.74) is -0.133. The SMILES string of the molecule is CCCCCCCCn1sc(Cl)c(Cl)c1=O.O=c1[nH]sc2ccccc12. The van der Waals surface area contributed by atoms with Crippen molar-refractivity contribution in [1.82, 2.24) is 8.33 Å². The van der Waals surface area contributed by atoms with E-state index in [1.165, 1.54) is 55.2 Å². The van der Waals surface area contributed by atoms with Crippen LogP contribution in [0.25, 0.3) is 10.1 Å². The first kappa shape index (κ1) is 21.2. The van der Waals surface area contributed by atoms with Crippen molar-refractivity contribution in [3.63, 3.8) is 0 Å². The van der Waals surface area contributed by atoms with Crippen molar-refractivity contribution in [2.75, 3.05) is 0 Å². The number of nitrogens with one attached hydrogen (secondary N) is 1. The van der Waals surface area contributed by atoms with Gasteiger partial charge >= 0.3 is 0 Å². The molecule has 0 amide bonds. The van der Waals surface area contributed by atoms with Crippen LogP contribution >= 0.6 is 46.3 Å². The van der Waals surface area contributed by atoms with E-state index in [0.29, 0.717) is 4.34 Å². The van der Waals surface area contributed by atoms with Crippen LogP contribution in [0.5, 0.6) is 0 Å². The number of H-pyrrole nitrogens is 1. The zero-order chi connectivity index (χ0) is 18.9. The van der Waals surface area contributed by atoms with Gasteiger partial charge in [-0.2, -0.15) is 0 Å². The Morgan fingerprint density at radius 1 is 1.04 bits per heavy atom. The van der Waals surface area contributed by atoms with Crippen LogP contribution in [-0.2, 0) is 6.54 Å². The maximum Gasteiger partial charge on any atom is 0.280 e. The number of halogens is 2. The smallest absolute Gasteiger partial charge is 0.277 e. The Balaban J connectivity index is 0.000000206. The van der Waals surface area contributed by atoms with E-state index in [1.807, 2.05) is 24.3 Å². The predicted molar refractivity (Wildman–Crippen MR) is 114 cm³/mol. The molecule has 1 aromatic carbocycles. The molecule has 0 spiro atoms. The number of hydrogen-bond acceptors (Lipinski definition) is 4. The molecule has 0 saturated heterocycles. The van der Waals surface area contributed by atoms with Gasteiger partial charge in [-0.1, -0.05) is 85.9 Å². The van der Waals surface area contributed by atoms with Crippen molar-refractivity contribution in [1.29, 1.82) is 0 Å². The molecule has 0 aliphatic heterocycles. The highest BCUT2D eigenvalue weighted by Gasteiger charge is 2.10. The molecule has 8 heteroatoms. The zero-order valence-electron chi connectivity index (χ0n) is 14.6. The lowest BCUT2D eigenvalue weighted by Crippen LogP contribution is -2.13. The normalized spacial score (nSPS) is 10.7. The fraction of sp³-hybridized carbons (Fsp3) is 0.444.